The molecule has 0 radical (unpaired) electrons. The van der Waals surface area contributed by atoms with Gasteiger partial charge in [-0.05, 0) is 19.4 Å². The molecule has 1 aliphatic rings. The fraction of sp³-hybridized carbons (Fsp3) is 0.500. The molecule has 1 rings (SSSR count). The maximum absolute atomic E-state index is 9.19. The first kappa shape index (κ1) is 8.14. The zero-order chi connectivity index (χ0) is 8.27. The van der Waals surface area contributed by atoms with Crippen LogP contribution < -0.4 is 5.73 Å². The molecule has 3 heteroatoms. The highest BCUT2D eigenvalue weighted by Gasteiger charge is 2.12. The first-order valence-electron chi connectivity index (χ1n) is 3.73. The molecule has 1 unspecified atom stereocenters. The van der Waals surface area contributed by atoms with Gasteiger partial charge in [-0.25, -0.2) is 0 Å². The maximum Gasteiger partial charge on any atom is 0.118 e. The van der Waals surface area contributed by atoms with Gasteiger partial charge in [0.2, 0.25) is 0 Å². The Balaban J connectivity index is 2.59. The lowest BCUT2D eigenvalue weighted by molar-refractivity contribution is 0.233. The maximum atomic E-state index is 9.19. The largest absolute Gasteiger partial charge is 0.511 e. The molecule has 1 atom stereocenters. The van der Waals surface area contributed by atoms with Gasteiger partial charge in [0.15, 0.2) is 0 Å². The number of hydrogen-bond acceptors (Lipinski definition) is 3. The number of nitrogens with two attached hydrogens (primary N) is 1. The lowest BCUT2D eigenvalue weighted by atomic mass is 10.1. The zero-order valence-electron chi connectivity index (χ0n) is 6.58. The van der Waals surface area contributed by atoms with Crippen molar-refractivity contribution in [2.45, 2.75) is 19.4 Å². The smallest absolute Gasteiger partial charge is 0.118 e. The Hall–Kier alpha value is -0.960. The number of ether oxygens (including phenoxy) is 1. The first-order valence-corrected chi connectivity index (χ1v) is 3.73. The predicted molar refractivity (Wildman–Crippen MR) is 43.0 cm³/mol. The van der Waals surface area contributed by atoms with Crippen LogP contribution in [-0.4, -0.2) is 17.8 Å². The molecule has 0 saturated carbocycles. The van der Waals surface area contributed by atoms with Crippen LogP contribution in [-0.2, 0) is 4.74 Å². The van der Waals surface area contributed by atoms with Gasteiger partial charge >= 0.3 is 0 Å². The fourth-order valence-corrected chi connectivity index (χ4v) is 0.943. The van der Waals surface area contributed by atoms with E-state index in [1.165, 1.54) is 0 Å². The number of aliphatic hydroxyl groups excluding tert-OH is 1. The topological polar surface area (TPSA) is 55.5 Å². The average Bonchev–Trinajstić information content (AvgIpc) is 1.98. The highest BCUT2D eigenvalue weighted by atomic mass is 16.5. The van der Waals surface area contributed by atoms with Crippen molar-refractivity contribution in [1.82, 2.24) is 0 Å². The average molecular weight is 155 g/mol. The van der Waals surface area contributed by atoms with Gasteiger partial charge in [0.05, 0.1) is 12.6 Å². The minimum atomic E-state index is -0.251. The second-order valence-corrected chi connectivity index (χ2v) is 2.45. The summed E-state index contributed by atoms with van der Waals surface area (Å²) < 4.78 is 5.17. The molecular weight excluding hydrogens is 142 g/mol. The molecule has 0 saturated heterocycles. The highest BCUT2D eigenvalue weighted by Crippen LogP contribution is 2.14. The van der Waals surface area contributed by atoms with Crippen molar-refractivity contribution >= 4 is 0 Å². The van der Waals surface area contributed by atoms with E-state index in [1.807, 2.05) is 13.0 Å². The Morgan fingerprint density at radius 3 is 3.09 bits per heavy atom. The Morgan fingerprint density at radius 1 is 1.82 bits per heavy atom. The van der Waals surface area contributed by atoms with E-state index in [0.29, 0.717) is 18.8 Å². The molecule has 0 aliphatic heterocycles. The molecule has 0 heterocycles. The van der Waals surface area contributed by atoms with Gasteiger partial charge in [-0.15, -0.1) is 0 Å². The van der Waals surface area contributed by atoms with E-state index >= 15 is 0 Å². The molecule has 62 valence electrons. The summed E-state index contributed by atoms with van der Waals surface area (Å²) in [5.41, 5.74) is 5.52. The summed E-state index contributed by atoms with van der Waals surface area (Å²) in [5, 5.41) is 9.19. The molecule has 0 bridgehead atoms. The van der Waals surface area contributed by atoms with Crippen LogP contribution in [0.5, 0.6) is 0 Å². The minimum absolute atomic E-state index is 0.205. The van der Waals surface area contributed by atoms with Crippen molar-refractivity contribution < 1.29 is 9.84 Å². The van der Waals surface area contributed by atoms with E-state index in [1.54, 1.807) is 6.08 Å². The van der Waals surface area contributed by atoms with Crippen molar-refractivity contribution in [2.24, 2.45) is 5.73 Å². The number of aliphatic hydroxyl groups is 1. The first-order chi connectivity index (χ1) is 5.24. The quantitative estimate of drug-likeness (QED) is 0.627. The SMILES string of the molecule is CCOC1=CCC(N)C(O)=C1. The third kappa shape index (κ3) is 1.98. The number of hydrogen-bond donors (Lipinski definition) is 2. The lowest BCUT2D eigenvalue weighted by Crippen LogP contribution is -2.24. The molecule has 0 spiro atoms. The summed E-state index contributed by atoms with van der Waals surface area (Å²) in [7, 11) is 0. The summed E-state index contributed by atoms with van der Waals surface area (Å²) in [6.07, 6.45) is 4.10. The summed E-state index contributed by atoms with van der Waals surface area (Å²) >= 11 is 0. The van der Waals surface area contributed by atoms with Crippen molar-refractivity contribution in [2.75, 3.05) is 6.61 Å². The van der Waals surface area contributed by atoms with Gasteiger partial charge in [0, 0.05) is 6.08 Å². The molecule has 0 fully saturated rings. The van der Waals surface area contributed by atoms with Gasteiger partial charge in [0.25, 0.3) is 0 Å². The van der Waals surface area contributed by atoms with Crippen LogP contribution in [0.3, 0.4) is 0 Å². The normalized spacial score (nSPS) is 24.0. The van der Waals surface area contributed by atoms with E-state index in [0.717, 1.165) is 0 Å². The van der Waals surface area contributed by atoms with Crippen LogP contribution in [0, 0.1) is 0 Å². The van der Waals surface area contributed by atoms with Crippen LogP contribution in [0.4, 0.5) is 0 Å². The third-order valence-electron chi connectivity index (χ3n) is 1.55. The summed E-state index contributed by atoms with van der Waals surface area (Å²) in [6.45, 7) is 2.52. The second-order valence-electron chi connectivity index (χ2n) is 2.45. The minimum Gasteiger partial charge on any atom is -0.511 e. The van der Waals surface area contributed by atoms with Crippen molar-refractivity contribution in [3.63, 3.8) is 0 Å². The number of rotatable bonds is 2. The standard InChI is InChI=1S/C8H13NO2/c1-2-11-6-3-4-7(9)8(10)5-6/h3,5,7,10H,2,4,9H2,1H3. The molecule has 0 amide bonds. The fourth-order valence-electron chi connectivity index (χ4n) is 0.943. The highest BCUT2D eigenvalue weighted by molar-refractivity contribution is 5.23. The molecule has 0 aromatic carbocycles. The van der Waals surface area contributed by atoms with Crippen LogP contribution in [0.15, 0.2) is 23.7 Å². The monoisotopic (exact) mass is 155 g/mol. The Morgan fingerprint density at radius 2 is 2.55 bits per heavy atom. The van der Waals surface area contributed by atoms with E-state index in [2.05, 4.69) is 0 Å². The van der Waals surface area contributed by atoms with Gasteiger partial charge in [0.1, 0.15) is 11.5 Å². The Labute approximate surface area is 66.2 Å². The molecule has 3 nitrogen and oxygen atoms in total. The molecule has 1 aliphatic carbocycles. The van der Waals surface area contributed by atoms with Crippen LogP contribution in [0.2, 0.25) is 0 Å². The van der Waals surface area contributed by atoms with E-state index in [4.69, 9.17) is 10.5 Å². The summed E-state index contributed by atoms with van der Waals surface area (Å²) in [4.78, 5) is 0. The number of allylic oxidation sites excluding steroid dienone is 1. The van der Waals surface area contributed by atoms with Gasteiger partial charge in [-0.2, -0.15) is 0 Å². The van der Waals surface area contributed by atoms with Crippen LogP contribution >= 0.6 is 0 Å². The second kappa shape index (κ2) is 3.44. The van der Waals surface area contributed by atoms with Gasteiger partial charge < -0.3 is 15.6 Å². The predicted octanol–water partition coefficient (Wildman–Crippen LogP) is 1.08. The molecule has 0 aromatic rings. The summed E-state index contributed by atoms with van der Waals surface area (Å²) in [6, 6.07) is -0.251. The van der Waals surface area contributed by atoms with Crippen LogP contribution in [0.1, 0.15) is 13.3 Å². The molecular formula is C8H13NO2. The van der Waals surface area contributed by atoms with Gasteiger partial charge in [-0.3, -0.25) is 0 Å². The van der Waals surface area contributed by atoms with Crippen molar-refractivity contribution in [3.05, 3.63) is 23.7 Å². The van der Waals surface area contributed by atoms with E-state index in [9.17, 15) is 5.11 Å². The van der Waals surface area contributed by atoms with E-state index in [-0.39, 0.29) is 11.8 Å². The van der Waals surface area contributed by atoms with Crippen molar-refractivity contribution in [3.8, 4) is 0 Å². The van der Waals surface area contributed by atoms with Crippen LogP contribution in [0.25, 0.3) is 0 Å². The zero-order valence-corrected chi connectivity index (χ0v) is 6.58. The van der Waals surface area contributed by atoms with E-state index < -0.39 is 0 Å². The lowest BCUT2D eigenvalue weighted by Gasteiger charge is -2.15. The Kier molecular flexibility index (Phi) is 2.54. The molecule has 0 aromatic heterocycles. The van der Waals surface area contributed by atoms with Gasteiger partial charge in [-0.1, -0.05) is 0 Å². The van der Waals surface area contributed by atoms with Crippen molar-refractivity contribution in [1.29, 1.82) is 0 Å². The summed E-state index contributed by atoms with van der Waals surface area (Å²) in [5.74, 6) is 0.919. The third-order valence-corrected chi connectivity index (χ3v) is 1.55. The Bertz CT molecular complexity index is 196. The molecule has 11 heavy (non-hydrogen) atoms. The molecule has 3 N–H and O–H groups in total.